The van der Waals surface area contributed by atoms with Crippen LogP contribution >= 0.6 is 11.3 Å². The van der Waals surface area contributed by atoms with Crippen molar-refractivity contribution in [3.05, 3.63) is 34.1 Å². The maximum Gasteiger partial charge on any atom is 0.230 e. The molecule has 1 saturated carbocycles. The Morgan fingerprint density at radius 3 is 3.11 bits per heavy atom. The lowest BCUT2D eigenvalue weighted by molar-refractivity contribution is 0.310. The molecule has 1 N–H and O–H groups in total. The van der Waals surface area contributed by atoms with Crippen molar-refractivity contribution in [1.29, 1.82) is 0 Å². The molecule has 4 rings (SSSR count). The fraction of sp³-hybridized carbons (Fsp3) is 0.571. The molecule has 2 aromatic rings. The Labute approximate surface area is 116 Å². The molecule has 19 heavy (non-hydrogen) atoms. The number of aromatic nitrogens is 2. The number of thiophene rings is 1. The number of hydrogen-bond acceptors (Lipinski definition) is 5. The fourth-order valence-electron chi connectivity index (χ4n) is 3.22. The van der Waals surface area contributed by atoms with Crippen molar-refractivity contribution in [2.24, 2.45) is 5.41 Å². The van der Waals surface area contributed by atoms with Crippen molar-refractivity contribution in [2.45, 2.75) is 31.6 Å². The van der Waals surface area contributed by atoms with Crippen LogP contribution in [0.1, 0.15) is 41.8 Å². The van der Waals surface area contributed by atoms with Crippen LogP contribution in [0.5, 0.6) is 0 Å². The lowest BCUT2D eigenvalue weighted by Crippen LogP contribution is -2.29. The summed E-state index contributed by atoms with van der Waals surface area (Å²) in [4.78, 5) is 5.90. The second-order valence-corrected chi connectivity index (χ2v) is 6.71. The van der Waals surface area contributed by atoms with E-state index < -0.39 is 0 Å². The summed E-state index contributed by atoms with van der Waals surface area (Å²) in [6.45, 7) is 2.26. The van der Waals surface area contributed by atoms with Gasteiger partial charge in [-0.25, -0.2) is 0 Å². The Balaban J connectivity index is 1.47. The highest BCUT2D eigenvalue weighted by Crippen LogP contribution is 2.63. The molecular weight excluding hydrogens is 258 g/mol. The molecule has 0 bridgehead atoms. The third-order valence-electron chi connectivity index (χ3n) is 4.48. The van der Waals surface area contributed by atoms with Crippen LogP contribution in [0.25, 0.3) is 0 Å². The number of nitrogens with one attached hydrogen (secondary N) is 1. The van der Waals surface area contributed by atoms with E-state index in [0.29, 0.717) is 11.3 Å². The highest BCUT2D eigenvalue weighted by Gasteiger charge is 2.57. The second-order valence-electron chi connectivity index (χ2n) is 5.67. The Morgan fingerprint density at radius 2 is 2.32 bits per heavy atom. The van der Waals surface area contributed by atoms with Gasteiger partial charge < -0.3 is 9.84 Å². The Kier molecular flexibility index (Phi) is 2.70. The standard InChI is InChI=1S/C14H17N3OS/c1-2-10(19-7-1)8-12-16-13(18-17-12)11-9-14(11)3-5-15-6-4-14/h1-2,7,11,15H,3-6,8-9H2. The molecule has 1 aliphatic carbocycles. The predicted octanol–water partition coefficient (Wildman–Crippen LogP) is 2.58. The van der Waals surface area contributed by atoms with E-state index in [9.17, 15) is 0 Å². The van der Waals surface area contributed by atoms with E-state index in [4.69, 9.17) is 4.52 Å². The minimum absolute atomic E-state index is 0.470. The lowest BCUT2D eigenvalue weighted by Gasteiger charge is -2.22. The van der Waals surface area contributed by atoms with Gasteiger partial charge in [0.2, 0.25) is 5.89 Å². The molecule has 5 heteroatoms. The predicted molar refractivity (Wildman–Crippen MR) is 73.3 cm³/mol. The molecule has 0 aromatic carbocycles. The fourth-order valence-corrected chi connectivity index (χ4v) is 3.93. The Morgan fingerprint density at radius 1 is 1.42 bits per heavy atom. The summed E-state index contributed by atoms with van der Waals surface area (Å²) >= 11 is 1.74. The lowest BCUT2D eigenvalue weighted by atomic mass is 9.92. The van der Waals surface area contributed by atoms with Gasteiger partial charge in [-0.05, 0) is 49.2 Å². The third kappa shape index (κ3) is 2.11. The summed E-state index contributed by atoms with van der Waals surface area (Å²) in [7, 11) is 0. The van der Waals surface area contributed by atoms with Gasteiger partial charge in [-0.15, -0.1) is 11.3 Å². The van der Waals surface area contributed by atoms with E-state index in [1.165, 1.54) is 24.1 Å². The van der Waals surface area contributed by atoms with Gasteiger partial charge in [0, 0.05) is 17.2 Å². The average Bonchev–Trinajstić information content (AvgIpc) is 2.88. The van der Waals surface area contributed by atoms with Crippen molar-refractivity contribution in [2.75, 3.05) is 13.1 Å². The van der Waals surface area contributed by atoms with Crippen molar-refractivity contribution < 1.29 is 4.52 Å². The minimum atomic E-state index is 0.470. The Hall–Kier alpha value is -1.20. The summed E-state index contributed by atoms with van der Waals surface area (Å²) in [5, 5.41) is 9.64. The highest BCUT2D eigenvalue weighted by atomic mass is 32.1. The summed E-state index contributed by atoms with van der Waals surface area (Å²) in [6, 6.07) is 4.18. The molecule has 3 heterocycles. The number of hydrogen-bond donors (Lipinski definition) is 1. The average molecular weight is 275 g/mol. The highest BCUT2D eigenvalue weighted by molar-refractivity contribution is 7.09. The maximum absolute atomic E-state index is 5.49. The van der Waals surface area contributed by atoms with E-state index in [1.807, 2.05) is 0 Å². The van der Waals surface area contributed by atoms with Crippen LogP contribution in [-0.2, 0) is 6.42 Å². The smallest absolute Gasteiger partial charge is 0.230 e. The van der Waals surface area contributed by atoms with Crippen LogP contribution in [0.2, 0.25) is 0 Å². The zero-order valence-electron chi connectivity index (χ0n) is 10.8. The first-order valence-corrected chi connectivity index (χ1v) is 7.79. The molecule has 1 spiro atoms. The molecule has 0 amide bonds. The largest absolute Gasteiger partial charge is 0.339 e. The molecule has 4 nitrogen and oxygen atoms in total. The summed E-state index contributed by atoms with van der Waals surface area (Å²) in [5.41, 5.74) is 0.470. The summed E-state index contributed by atoms with van der Waals surface area (Å²) in [6.07, 6.45) is 4.53. The van der Waals surface area contributed by atoms with Gasteiger partial charge in [-0.2, -0.15) is 4.98 Å². The van der Waals surface area contributed by atoms with Gasteiger partial charge in [0.05, 0.1) is 0 Å². The first-order valence-electron chi connectivity index (χ1n) is 6.91. The summed E-state index contributed by atoms with van der Waals surface area (Å²) in [5.74, 6) is 2.21. The van der Waals surface area contributed by atoms with E-state index in [1.54, 1.807) is 11.3 Å². The second kappa shape index (κ2) is 4.42. The molecule has 100 valence electrons. The van der Waals surface area contributed by atoms with Gasteiger partial charge in [0.1, 0.15) is 0 Å². The molecule has 1 aliphatic heterocycles. The number of rotatable bonds is 3. The molecule has 2 aromatic heterocycles. The van der Waals surface area contributed by atoms with Crippen LogP contribution in [0.3, 0.4) is 0 Å². The molecule has 1 unspecified atom stereocenters. The van der Waals surface area contributed by atoms with Crippen molar-refractivity contribution in [1.82, 2.24) is 15.5 Å². The zero-order chi connectivity index (χ0) is 12.7. The van der Waals surface area contributed by atoms with Crippen LogP contribution in [-0.4, -0.2) is 23.2 Å². The molecule has 1 atom stereocenters. The first-order chi connectivity index (χ1) is 9.36. The maximum atomic E-state index is 5.49. The number of piperidine rings is 1. The van der Waals surface area contributed by atoms with Gasteiger partial charge in [-0.1, -0.05) is 11.2 Å². The van der Waals surface area contributed by atoms with E-state index in [2.05, 4.69) is 33.0 Å². The van der Waals surface area contributed by atoms with Crippen molar-refractivity contribution in [3.63, 3.8) is 0 Å². The van der Waals surface area contributed by atoms with Gasteiger partial charge in [0.25, 0.3) is 0 Å². The van der Waals surface area contributed by atoms with Crippen molar-refractivity contribution in [3.8, 4) is 0 Å². The monoisotopic (exact) mass is 275 g/mol. The van der Waals surface area contributed by atoms with Gasteiger partial charge in [0.15, 0.2) is 5.82 Å². The zero-order valence-corrected chi connectivity index (χ0v) is 11.6. The van der Waals surface area contributed by atoms with E-state index in [-0.39, 0.29) is 0 Å². The molecular formula is C14H17N3OS. The summed E-state index contributed by atoms with van der Waals surface area (Å²) < 4.78 is 5.49. The molecule has 2 aliphatic rings. The number of nitrogens with zero attached hydrogens (tertiary/aromatic N) is 2. The first kappa shape index (κ1) is 11.6. The van der Waals surface area contributed by atoms with Crippen LogP contribution in [0, 0.1) is 5.41 Å². The van der Waals surface area contributed by atoms with Gasteiger partial charge >= 0.3 is 0 Å². The normalized spacial score (nSPS) is 24.7. The molecule has 2 fully saturated rings. The van der Waals surface area contributed by atoms with Crippen LogP contribution in [0.4, 0.5) is 0 Å². The van der Waals surface area contributed by atoms with Crippen LogP contribution in [0.15, 0.2) is 22.0 Å². The van der Waals surface area contributed by atoms with Gasteiger partial charge in [-0.3, -0.25) is 0 Å². The third-order valence-corrected chi connectivity index (χ3v) is 5.36. The molecule has 1 saturated heterocycles. The molecule has 0 radical (unpaired) electrons. The van der Waals surface area contributed by atoms with E-state index >= 15 is 0 Å². The SMILES string of the molecule is c1csc(Cc2noc(C3CC34CCNCC4)n2)c1. The van der Waals surface area contributed by atoms with Crippen molar-refractivity contribution >= 4 is 11.3 Å². The minimum Gasteiger partial charge on any atom is -0.339 e. The van der Waals surface area contributed by atoms with E-state index in [0.717, 1.165) is 31.2 Å². The quantitative estimate of drug-likeness (QED) is 0.935. The topological polar surface area (TPSA) is 51.0 Å². The van der Waals surface area contributed by atoms with Crippen LogP contribution < -0.4 is 5.32 Å². The Bertz CT molecular complexity index is 557.